The predicted octanol–water partition coefficient (Wildman–Crippen LogP) is 0.534. The summed E-state index contributed by atoms with van der Waals surface area (Å²) in [6.07, 6.45) is 4.78. The summed E-state index contributed by atoms with van der Waals surface area (Å²) in [4.78, 5) is 16.2. The van der Waals surface area contributed by atoms with Crippen LogP contribution in [0, 0.1) is 5.92 Å². The van der Waals surface area contributed by atoms with Crippen LogP contribution in [0.3, 0.4) is 0 Å². The molecule has 0 atom stereocenters. The molecule has 7 heteroatoms. The number of nitrogens with two attached hydrogens (primary N) is 1. The van der Waals surface area contributed by atoms with Crippen LogP contribution in [-0.2, 0) is 10.0 Å². The highest BCUT2D eigenvalue weighted by molar-refractivity contribution is 7.89. The zero-order chi connectivity index (χ0) is 13.3. The molecule has 1 saturated carbocycles. The number of hydrogen-bond acceptors (Lipinski definition) is 3. The Balaban J connectivity index is 2.06. The van der Waals surface area contributed by atoms with E-state index in [1.54, 1.807) is 11.9 Å². The van der Waals surface area contributed by atoms with Gasteiger partial charge in [0.25, 0.3) is 5.91 Å². The van der Waals surface area contributed by atoms with Crippen LogP contribution in [0.15, 0.2) is 17.2 Å². The fourth-order valence-corrected chi connectivity index (χ4v) is 2.52. The number of carbonyl (C=O) groups is 1. The summed E-state index contributed by atoms with van der Waals surface area (Å²) in [5.74, 6) is 0.364. The van der Waals surface area contributed by atoms with Gasteiger partial charge in [-0.15, -0.1) is 0 Å². The van der Waals surface area contributed by atoms with E-state index >= 15 is 0 Å². The minimum absolute atomic E-state index is 0.0668. The molecule has 0 bridgehead atoms. The Morgan fingerprint density at radius 1 is 1.56 bits per heavy atom. The molecule has 1 aliphatic rings. The molecular weight excluding hydrogens is 254 g/mol. The number of sulfonamides is 1. The highest BCUT2D eigenvalue weighted by Gasteiger charge is 2.23. The minimum atomic E-state index is -3.76. The minimum Gasteiger partial charge on any atom is -0.356 e. The summed E-state index contributed by atoms with van der Waals surface area (Å²) >= 11 is 0. The quantitative estimate of drug-likeness (QED) is 0.836. The molecule has 0 radical (unpaired) electrons. The van der Waals surface area contributed by atoms with E-state index in [1.165, 1.54) is 18.7 Å². The number of amides is 1. The number of nitrogens with zero attached hydrogens (tertiary/aromatic N) is 1. The molecule has 1 aliphatic carbocycles. The van der Waals surface area contributed by atoms with Crippen LogP contribution in [0.4, 0.5) is 0 Å². The SMILES string of the molecule is CN(CC1CCC1)C(=O)c1cc(S(N)(=O)=O)c[nH]1. The Labute approximate surface area is 106 Å². The largest absolute Gasteiger partial charge is 0.356 e. The number of nitrogens with one attached hydrogen (secondary N) is 1. The average molecular weight is 271 g/mol. The maximum absolute atomic E-state index is 12.0. The van der Waals surface area contributed by atoms with Gasteiger partial charge in [0.1, 0.15) is 5.69 Å². The van der Waals surface area contributed by atoms with Crippen LogP contribution in [-0.4, -0.2) is 37.8 Å². The van der Waals surface area contributed by atoms with Crippen molar-refractivity contribution >= 4 is 15.9 Å². The summed E-state index contributed by atoms with van der Waals surface area (Å²) in [5, 5.41) is 4.99. The van der Waals surface area contributed by atoms with E-state index in [4.69, 9.17) is 5.14 Å². The lowest BCUT2D eigenvalue weighted by atomic mass is 9.85. The Hall–Kier alpha value is -1.34. The zero-order valence-corrected chi connectivity index (χ0v) is 11.0. The van der Waals surface area contributed by atoms with Crippen molar-refractivity contribution < 1.29 is 13.2 Å². The van der Waals surface area contributed by atoms with Gasteiger partial charge in [-0.05, 0) is 24.8 Å². The second-order valence-electron chi connectivity index (χ2n) is 4.78. The van der Waals surface area contributed by atoms with Gasteiger partial charge in [-0.25, -0.2) is 13.6 Å². The third-order valence-corrected chi connectivity index (χ3v) is 4.21. The summed E-state index contributed by atoms with van der Waals surface area (Å²) in [6.45, 7) is 0.711. The van der Waals surface area contributed by atoms with Gasteiger partial charge in [-0.1, -0.05) is 6.42 Å². The second-order valence-corrected chi connectivity index (χ2v) is 6.34. The van der Waals surface area contributed by atoms with E-state index in [0.717, 1.165) is 12.8 Å². The molecule has 0 unspecified atom stereocenters. The number of primary sulfonamides is 1. The molecule has 18 heavy (non-hydrogen) atoms. The lowest BCUT2D eigenvalue weighted by molar-refractivity contribution is 0.0740. The molecule has 1 amide bonds. The molecule has 0 spiro atoms. The number of H-pyrrole nitrogens is 1. The van der Waals surface area contributed by atoms with Crippen LogP contribution >= 0.6 is 0 Å². The number of hydrogen-bond donors (Lipinski definition) is 2. The summed E-state index contributed by atoms with van der Waals surface area (Å²) < 4.78 is 22.2. The number of aromatic amines is 1. The molecule has 2 rings (SSSR count). The van der Waals surface area contributed by atoms with E-state index in [-0.39, 0.29) is 16.5 Å². The van der Waals surface area contributed by atoms with Crippen LogP contribution < -0.4 is 5.14 Å². The first-order chi connectivity index (χ1) is 8.38. The van der Waals surface area contributed by atoms with Crippen LogP contribution in [0.25, 0.3) is 0 Å². The zero-order valence-electron chi connectivity index (χ0n) is 10.2. The van der Waals surface area contributed by atoms with Crippen molar-refractivity contribution in [2.24, 2.45) is 11.1 Å². The number of carbonyl (C=O) groups excluding carboxylic acids is 1. The third kappa shape index (κ3) is 2.73. The van der Waals surface area contributed by atoms with Gasteiger partial charge in [-0.3, -0.25) is 4.79 Å². The van der Waals surface area contributed by atoms with Gasteiger partial charge in [0.2, 0.25) is 10.0 Å². The molecule has 1 aromatic heterocycles. The number of aromatic nitrogens is 1. The molecule has 0 aliphatic heterocycles. The van der Waals surface area contributed by atoms with Crippen molar-refractivity contribution in [1.29, 1.82) is 0 Å². The molecule has 1 fully saturated rings. The molecular formula is C11H17N3O3S. The van der Waals surface area contributed by atoms with Crippen molar-refractivity contribution in [3.63, 3.8) is 0 Å². The molecule has 1 aromatic rings. The molecule has 0 saturated heterocycles. The second kappa shape index (κ2) is 4.74. The lowest BCUT2D eigenvalue weighted by Crippen LogP contribution is -2.34. The van der Waals surface area contributed by atoms with Crippen molar-refractivity contribution in [1.82, 2.24) is 9.88 Å². The van der Waals surface area contributed by atoms with E-state index in [0.29, 0.717) is 12.5 Å². The van der Waals surface area contributed by atoms with Gasteiger partial charge in [0.15, 0.2) is 0 Å². The first-order valence-electron chi connectivity index (χ1n) is 5.84. The predicted molar refractivity (Wildman–Crippen MR) is 66.5 cm³/mol. The monoisotopic (exact) mass is 271 g/mol. The standard InChI is InChI=1S/C11H17N3O3S/c1-14(7-8-3-2-4-8)11(15)10-5-9(6-13-10)18(12,16)17/h5-6,8,13H,2-4,7H2,1H3,(H2,12,16,17). The van der Waals surface area contributed by atoms with Crippen molar-refractivity contribution in [2.45, 2.75) is 24.2 Å². The van der Waals surface area contributed by atoms with Crippen molar-refractivity contribution in [2.75, 3.05) is 13.6 Å². The maximum Gasteiger partial charge on any atom is 0.270 e. The van der Waals surface area contributed by atoms with Gasteiger partial charge in [0.05, 0.1) is 4.90 Å². The Kier molecular flexibility index (Phi) is 3.45. The fourth-order valence-electron chi connectivity index (χ4n) is 2.01. The Morgan fingerprint density at radius 3 is 2.67 bits per heavy atom. The summed E-state index contributed by atoms with van der Waals surface area (Å²) in [7, 11) is -2.04. The Bertz CT molecular complexity index is 546. The third-order valence-electron chi connectivity index (χ3n) is 3.32. The van der Waals surface area contributed by atoms with Gasteiger partial charge in [0, 0.05) is 19.8 Å². The maximum atomic E-state index is 12.0. The van der Waals surface area contributed by atoms with E-state index in [2.05, 4.69) is 4.98 Å². The first-order valence-corrected chi connectivity index (χ1v) is 7.39. The average Bonchev–Trinajstić information content (AvgIpc) is 2.70. The van der Waals surface area contributed by atoms with E-state index < -0.39 is 10.0 Å². The van der Waals surface area contributed by atoms with E-state index in [9.17, 15) is 13.2 Å². The highest BCUT2D eigenvalue weighted by atomic mass is 32.2. The highest BCUT2D eigenvalue weighted by Crippen LogP contribution is 2.27. The smallest absolute Gasteiger partial charge is 0.270 e. The Morgan fingerprint density at radius 2 is 2.22 bits per heavy atom. The van der Waals surface area contributed by atoms with Crippen molar-refractivity contribution in [3.8, 4) is 0 Å². The summed E-state index contributed by atoms with van der Waals surface area (Å²) in [6, 6.07) is 1.27. The van der Waals surface area contributed by atoms with Crippen LogP contribution in [0.1, 0.15) is 29.8 Å². The first kappa shape index (κ1) is 13.1. The normalized spacial score (nSPS) is 16.3. The van der Waals surface area contributed by atoms with Crippen LogP contribution in [0.5, 0.6) is 0 Å². The fraction of sp³-hybridized carbons (Fsp3) is 0.545. The van der Waals surface area contributed by atoms with Gasteiger partial charge >= 0.3 is 0 Å². The molecule has 100 valence electrons. The van der Waals surface area contributed by atoms with E-state index in [1.807, 2.05) is 0 Å². The molecule has 3 N–H and O–H groups in total. The van der Waals surface area contributed by atoms with Gasteiger partial charge in [-0.2, -0.15) is 0 Å². The molecule has 0 aromatic carbocycles. The van der Waals surface area contributed by atoms with Crippen molar-refractivity contribution in [3.05, 3.63) is 18.0 Å². The topological polar surface area (TPSA) is 96.3 Å². The molecule has 6 nitrogen and oxygen atoms in total. The molecule has 1 heterocycles. The number of rotatable bonds is 4. The van der Waals surface area contributed by atoms with Crippen LogP contribution in [0.2, 0.25) is 0 Å². The summed E-state index contributed by atoms with van der Waals surface area (Å²) in [5.41, 5.74) is 0.251. The van der Waals surface area contributed by atoms with Gasteiger partial charge < -0.3 is 9.88 Å². The lowest BCUT2D eigenvalue weighted by Gasteiger charge is -2.29.